The van der Waals surface area contributed by atoms with Crippen molar-refractivity contribution in [2.75, 3.05) is 0 Å². The molecular formula is C8H6O6. The van der Waals surface area contributed by atoms with Crippen LogP contribution in [0.25, 0.3) is 0 Å². The van der Waals surface area contributed by atoms with Crippen LogP contribution in [0.1, 0.15) is 0 Å². The van der Waals surface area contributed by atoms with Crippen LogP contribution in [0.3, 0.4) is 0 Å². The maximum atomic E-state index is 10.5. The largest absolute Gasteiger partial charge is 0.481 e. The molecule has 1 rings (SSSR count). The predicted octanol–water partition coefficient (Wildman–Crippen LogP) is -0.277. The highest BCUT2D eigenvalue weighted by atomic mass is 16.4. The smallest absolute Gasteiger partial charge is 0.336 e. The van der Waals surface area contributed by atoms with Crippen molar-refractivity contribution < 1.29 is 29.7 Å². The Hall–Kier alpha value is -2.11. The van der Waals surface area contributed by atoms with Crippen molar-refractivity contribution in [2.45, 2.75) is 0 Å². The Bertz CT molecular complexity index is 345. The second kappa shape index (κ2) is 3.33. The fraction of sp³-hybridized carbons (Fsp3) is 0.125. The van der Waals surface area contributed by atoms with Gasteiger partial charge in [-0.15, -0.1) is 0 Å². The van der Waals surface area contributed by atoms with Gasteiger partial charge in [0, 0.05) is 0 Å². The van der Waals surface area contributed by atoms with Gasteiger partial charge in [0.05, 0.1) is 17.1 Å². The molecule has 0 amide bonds. The fourth-order valence-electron chi connectivity index (χ4n) is 1.10. The van der Waals surface area contributed by atoms with Crippen LogP contribution in [0, 0.1) is 5.92 Å². The molecule has 0 heterocycles. The summed E-state index contributed by atoms with van der Waals surface area (Å²) in [4.78, 5) is 31.5. The highest BCUT2D eigenvalue weighted by molar-refractivity contribution is 6.08. The molecule has 0 radical (unpaired) electrons. The minimum absolute atomic E-state index is 0.482. The van der Waals surface area contributed by atoms with E-state index in [1.807, 2.05) is 0 Å². The maximum absolute atomic E-state index is 10.5. The van der Waals surface area contributed by atoms with Gasteiger partial charge in [0.2, 0.25) is 0 Å². The molecule has 0 fully saturated rings. The van der Waals surface area contributed by atoms with Crippen molar-refractivity contribution in [1.82, 2.24) is 0 Å². The molecule has 74 valence electrons. The molecule has 0 saturated heterocycles. The van der Waals surface area contributed by atoms with E-state index in [0.29, 0.717) is 0 Å². The molecule has 0 bridgehead atoms. The highest BCUT2D eigenvalue weighted by Gasteiger charge is 2.30. The van der Waals surface area contributed by atoms with Gasteiger partial charge in [-0.3, -0.25) is 4.79 Å². The van der Waals surface area contributed by atoms with Crippen molar-refractivity contribution in [3.05, 3.63) is 23.3 Å². The van der Waals surface area contributed by atoms with Gasteiger partial charge < -0.3 is 15.3 Å². The number of hydrogen-bond acceptors (Lipinski definition) is 3. The minimum Gasteiger partial charge on any atom is -0.481 e. The molecule has 0 spiro atoms. The molecule has 0 aromatic carbocycles. The van der Waals surface area contributed by atoms with Gasteiger partial charge in [-0.05, 0) is 0 Å². The monoisotopic (exact) mass is 198 g/mol. The maximum Gasteiger partial charge on any atom is 0.336 e. The molecule has 14 heavy (non-hydrogen) atoms. The van der Waals surface area contributed by atoms with Gasteiger partial charge >= 0.3 is 17.9 Å². The summed E-state index contributed by atoms with van der Waals surface area (Å²) < 4.78 is 0. The third kappa shape index (κ3) is 1.63. The van der Waals surface area contributed by atoms with Crippen molar-refractivity contribution in [1.29, 1.82) is 0 Å². The number of carbonyl (C=O) groups is 3. The molecule has 3 N–H and O–H groups in total. The molecule has 0 aromatic heterocycles. The van der Waals surface area contributed by atoms with Gasteiger partial charge in [0.15, 0.2) is 0 Å². The van der Waals surface area contributed by atoms with Crippen molar-refractivity contribution >= 4 is 17.9 Å². The van der Waals surface area contributed by atoms with E-state index in [9.17, 15) is 14.4 Å². The Balaban J connectivity index is 3.11. The van der Waals surface area contributed by atoms with E-state index in [1.54, 1.807) is 0 Å². The average molecular weight is 198 g/mol. The third-order valence-electron chi connectivity index (χ3n) is 1.73. The number of hydrogen-bond donors (Lipinski definition) is 3. The first-order valence-corrected chi connectivity index (χ1v) is 3.57. The Labute approximate surface area is 77.8 Å². The van der Waals surface area contributed by atoms with E-state index >= 15 is 0 Å². The molecule has 0 atom stereocenters. The fourth-order valence-corrected chi connectivity index (χ4v) is 1.10. The Kier molecular flexibility index (Phi) is 2.37. The summed E-state index contributed by atoms with van der Waals surface area (Å²) in [6.45, 7) is 0. The van der Waals surface area contributed by atoms with E-state index < -0.39 is 35.0 Å². The number of rotatable bonds is 3. The second-order valence-electron chi connectivity index (χ2n) is 2.64. The lowest BCUT2D eigenvalue weighted by molar-refractivity contribution is -0.138. The number of aliphatic carboxylic acids is 3. The number of carboxylic acid groups (broad SMARTS) is 3. The molecular weight excluding hydrogens is 192 g/mol. The van der Waals surface area contributed by atoms with Gasteiger partial charge in [-0.25, -0.2) is 9.59 Å². The molecule has 0 aromatic rings. The van der Waals surface area contributed by atoms with Crippen LogP contribution < -0.4 is 0 Å². The summed E-state index contributed by atoms with van der Waals surface area (Å²) in [7, 11) is 0. The Morgan fingerprint density at radius 3 is 1.50 bits per heavy atom. The summed E-state index contributed by atoms with van der Waals surface area (Å²) in [5, 5.41) is 25.7. The van der Waals surface area contributed by atoms with E-state index in [4.69, 9.17) is 15.3 Å². The van der Waals surface area contributed by atoms with Gasteiger partial charge in [0.25, 0.3) is 0 Å². The van der Waals surface area contributed by atoms with Crippen molar-refractivity contribution in [2.24, 2.45) is 5.92 Å². The molecule has 1 aliphatic rings. The van der Waals surface area contributed by atoms with Crippen molar-refractivity contribution in [3.8, 4) is 0 Å². The first-order chi connectivity index (χ1) is 6.43. The van der Waals surface area contributed by atoms with Gasteiger partial charge in [-0.2, -0.15) is 0 Å². The Morgan fingerprint density at radius 1 is 0.929 bits per heavy atom. The van der Waals surface area contributed by atoms with Gasteiger partial charge in [0.1, 0.15) is 0 Å². The number of carboxylic acids is 3. The van der Waals surface area contributed by atoms with Gasteiger partial charge in [-0.1, -0.05) is 12.2 Å². The van der Waals surface area contributed by atoms with E-state index in [0.717, 1.165) is 12.2 Å². The third-order valence-corrected chi connectivity index (χ3v) is 1.73. The second-order valence-corrected chi connectivity index (χ2v) is 2.64. The van der Waals surface area contributed by atoms with Crippen LogP contribution in [-0.2, 0) is 14.4 Å². The topological polar surface area (TPSA) is 112 Å². The van der Waals surface area contributed by atoms with Crippen LogP contribution in [-0.4, -0.2) is 33.2 Å². The summed E-state index contributed by atoms with van der Waals surface area (Å²) in [5.74, 6) is -5.34. The predicted molar refractivity (Wildman–Crippen MR) is 42.6 cm³/mol. The van der Waals surface area contributed by atoms with E-state index in [1.165, 1.54) is 0 Å². The summed E-state index contributed by atoms with van der Waals surface area (Å²) in [5.41, 5.74) is -0.963. The van der Waals surface area contributed by atoms with Crippen LogP contribution in [0.5, 0.6) is 0 Å². The van der Waals surface area contributed by atoms with E-state index in [2.05, 4.69) is 0 Å². The summed E-state index contributed by atoms with van der Waals surface area (Å²) in [6.07, 6.45) is 1.79. The normalized spacial score (nSPS) is 16.0. The zero-order valence-electron chi connectivity index (χ0n) is 6.80. The molecule has 0 aliphatic heterocycles. The summed E-state index contributed by atoms with van der Waals surface area (Å²) in [6, 6.07) is 0. The van der Waals surface area contributed by atoms with Crippen LogP contribution in [0.2, 0.25) is 0 Å². The molecule has 0 saturated carbocycles. The zero-order valence-corrected chi connectivity index (χ0v) is 6.80. The SMILES string of the molecule is O=C(O)C1=CC(C(=O)O)C=C1C(=O)O. The molecule has 6 heteroatoms. The summed E-state index contributed by atoms with van der Waals surface area (Å²) >= 11 is 0. The van der Waals surface area contributed by atoms with Crippen LogP contribution in [0.15, 0.2) is 23.3 Å². The standard InChI is InChI=1S/C8H6O6/c9-6(10)3-1-4(7(11)12)5(2-3)8(13)14/h1-3H,(H,9,10)(H,11,12)(H,13,14). The zero-order chi connectivity index (χ0) is 10.9. The molecule has 0 unspecified atom stereocenters. The average Bonchev–Trinajstić information content (AvgIpc) is 2.47. The van der Waals surface area contributed by atoms with E-state index in [-0.39, 0.29) is 0 Å². The molecule has 1 aliphatic carbocycles. The Morgan fingerprint density at radius 2 is 1.29 bits per heavy atom. The van der Waals surface area contributed by atoms with Crippen LogP contribution in [0.4, 0.5) is 0 Å². The molecule has 6 nitrogen and oxygen atoms in total. The first kappa shape index (κ1) is 9.97. The quantitative estimate of drug-likeness (QED) is 0.575. The first-order valence-electron chi connectivity index (χ1n) is 3.57. The van der Waals surface area contributed by atoms with Crippen molar-refractivity contribution in [3.63, 3.8) is 0 Å². The lowest BCUT2D eigenvalue weighted by Gasteiger charge is -1.95. The lowest BCUT2D eigenvalue weighted by Crippen LogP contribution is -2.08. The minimum atomic E-state index is -1.44. The van der Waals surface area contributed by atoms with Crippen LogP contribution >= 0.6 is 0 Å². The highest BCUT2D eigenvalue weighted by Crippen LogP contribution is 2.24. The lowest BCUT2D eigenvalue weighted by atomic mass is 10.1.